The van der Waals surface area contributed by atoms with Crippen molar-refractivity contribution in [1.29, 1.82) is 0 Å². The predicted octanol–water partition coefficient (Wildman–Crippen LogP) is 2.24. The molecule has 1 aromatic rings. The van der Waals surface area contributed by atoms with Gasteiger partial charge in [0.05, 0.1) is 5.54 Å². The second-order valence-electron chi connectivity index (χ2n) is 4.51. The van der Waals surface area contributed by atoms with E-state index in [1.54, 1.807) is 0 Å². The summed E-state index contributed by atoms with van der Waals surface area (Å²) >= 11 is 0. The van der Waals surface area contributed by atoms with Crippen LogP contribution in [0.3, 0.4) is 0 Å². The molecule has 0 aliphatic carbocycles. The minimum atomic E-state index is -0.276. The number of carbonyl (C=O) groups excluding carboxylic acids is 1. The van der Waals surface area contributed by atoms with Crippen LogP contribution in [-0.4, -0.2) is 18.0 Å². The number of aryl methyl sites for hydroxylation is 1. The van der Waals surface area contributed by atoms with Crippen molar-refractivity contribution in [2.45, 2.75) is 39.2 Å². The average Bonchev–Trinajstić information content (AvgIpc) is 2.37. The van der Waals surface area contributed by atoms with Crippen LogP contribution in [0.25, 0.3) is 0 Å². The molecule has 94 valence electrons. The fraction of sp³-hybridized carbons (Fsp3) is 0.500. The summed E-state index contributed by atoms with van der Waals surface area (Å²) < 4.78 is 0. The number of benzene rings is 1. The van der Waals surface area contributed by atoms with Crippen LogP contribution in [0.4, 0.5) is 0 Å². The van der Waals surface area contributed by atoms with Gasteiger partial charge in [0.1, 0.15) is 0 Å². The third-order valence-corrected chi connectivity index (χ3v) is 3.44. The molecule has 1 amide bonds. The molecule has 17 heavy (non-hydrogen) atoms. The van der Waals surface area contributed by atoms with Crippen LogP contribution in [0, 0.1) is 6.92 Å². The van der Waals surface area contributed by atoms with Crippen molar-refractivity contribution in [2.24, 2.45) is 5.73 Å². The summed E-state index contributed by atoms with van der Waals surface area (Å²) in [5, 5.41) is 3.05. The highest BCUT2D eigenvalue weighted by atomic mass is 16.1. The van der Waals surface area contributed by atoms with Crippen molar-refractivity contribution in [1.82, 2.24) is 5.32 Å². The Hall–Kier alpha value is -1.35. The summed E-state index contributed by atoms with van der Waals surface area (Å²) in [5.74, 6) is -0.0425. The van der Waals surface area contributed by atoms with Gasteiger partial charge in [-0.05, 0) is 31.9 Å². The van der Waals surface area contributed by atoms with Gasteiger partial charge >= 0.3 is 0 Å². The van der Waals surface area contributed by atoms with Gasteiger partial charge in [0.25, 0.3) is 5.91 Å². The minimum absolute atomic E-state index is 0.0425. The van der Waals surface area contributed by atoms with E-state index in [4.69, 9.17) is 5.73 Å². The molecule has 0 atom stereocenters. The van der Waals surface area contributed by atoms with E-state index in [1.165, 1.54) is 0 Å². The fourth-order valence-corrected chi connectivity index (χ4v) is 1.78. The number of nitrogens with two attached hydrogens (primary N) is 1. The van der Waals surface area contributed by atoms with Crippen LogP contribution in [0.2, 0.25) is 0 Å². The Bertz CT molecular complexity index is 358. The zero-order chi connectivity index (χ0) is 12.9. The lowest BCUT2D eigenvalue weighted by molar-refractivity contribution is 0.0895. The van der Waals surface area contributed by atoms with E-state index >= 15 is 0 Å². The van der Waals surface area contributed by atoms with Gasteiger partial charge in [-0.15, -0.1) is 0 Å². The third kappa shape index (κ3) is 3.30. The van der Waals surface area contributed by atoms with Crippen molar-refractivity contribution >= 4 is 5.91 Å². The van der Waals surface area contributed by atoms with Crippen LogP contribution >= 0.6 is 0 Å². The smallest absolute Gasteiger partial charge is 0.251 e. The van der Waals surface area contributed by atoms with Crippen LogP contribution < -0.4 is 11.1 Å². The third-order valence-electron chi connectivity index (χ3n) is 3.44. The lowest BCUT2D eigenvalue weighted by Gasteiger charge is -2.31. The van der Waals surface area contributed by atoms with Gasteiger partial charge in [0, 0.05) is 12.1 Å². The fourth-order valence-electron chi connectivity index (χ4n) is 1.78. The molecule has 0 radical (unpaired) electrons. The van der Waals surface area contributed by atoms with Gasteiger partial charge in [0.15, 0.2) is 0 Å². The van der Waals surface area contributed by atoms with Gasteiger partial charge in [-0.25, -0.2) is 0 Å². The van der Waals surface area contributed by atoms with E-state index in [0.29, 0.717) is 12.1 Å². The van der Waals surface area contributed by atoms with Gasteiger partial charge in [-0.2, -0.15) is 0 Å². The van der Waals surface area contributed by atoms with E-state index in [9.17, 15) is 4.79 Å². The second kappa shape index (κ2) is 5.82. The molecule has 0 aliphatic heterocycles. The quantitative estimate of drug-likeness (QED) is 0.821. The van der Waals surface area contributed by atoms with Crippen molar-refractivity contribution in [3.63, 3.8) is 0 Å². The van der Waals surface area contributed by atoms with Gasteiger partial charge in [-0.3, -0.25) is 4.79 Å². The van der Waals surface area contributed by atoms with Crippen LogP contribution in [0.1, 0.15) is 42.6 Å². The second-order valence-corrected chi connectivity index (χ2v) is 4.51. The summed E-state index contributed by atoms with van der Waals surface area (Å²) in [6, 6.07) is 7.57. The Morgan fingerprint density at radius 1 is 1.24 bits per heavy atom. The summed E-state index contributed by atoms with van der Waals surface area (Å²) in [5.41, 5.74) is 7.33. The van der Waals surface area contributed by atoms with E-state index < -0.39 is 0 Å². The Balaban J connectivity index is 2.81. The molecule has 0 spiro atoms. The molecule has 1 rings (SSSR count). The first kappa shape index (κ1) is 13.7. The van der Waals surface area contributed by atoms with E-state index in [2.05, 4.69) is 5.32 Å². The molecule has 3 heteroatoms. The first-order chi connectivity index (χ1) is 8.06. The van der Waals surface area contributed by atoms with Crippen molar-refractivity contribution in [3.8, 4) is 0 Å². The Morgan fingerprint density at radius 3 is 2.18 bits per heavy atom. The molecule has 3 N–H and O–H groups in total. The predicted molar refractivity (Wildman–Crippen MR) is 71.0 cm³/mol. The highest BCUT2D eigenvalue weighted by Gasteiger charge is 2.26. The van der Waals surface area contributed by atoms with Gasteiger partial charge in [0.2, 0.25) is 0 Å². The van der Waals surface area contributed by atoms with E-state index in [0.717, 1.165) is 18.4 Å². The van der Waals surface area contributed by atoms with Crippen molar-refractivity contribution in [3.05, 3.63) is 35.4 Å². The molecular weight excluding hydrogens is 212 g/mol. The highest BCUT2D eigenvalue weighted by Crippen LogP contribution is 2.14. The van der Waals surface area contributed by atoms with Gasteiger partial charge in [-0.1, -0.05) is 31.5 Å². The van der Waals surface area contributed by atoms with Gasteiger partial charge < -0.3 is 11.1 Å². The number of nitrogens with one attached hydrogen (secondary N) is 1. The molecule has 0 aliphatic rings. The monoisotopic (exact) mass is 234 g/mol. The number of amides is 1. The van der Waals surface area contributed by atoms with Crippen LogP contribution in [0.5, 0.6) is 0 Å². The van der Waals surface area contributed by atoms with Crippen molar-refractivity contribution < 1.29 is 4.79 Å². The highest BCUT2D eigenvalue weighted by molar-refractivity contribution is 5.94. The summed E-state index contributed by atoms with van der Waals surface area (Å²) in [7, 11) is 0. The summed E-state index contributed by atoms with van der Waals surface area (Å²) in [6.07, 6.45) is 1.69. The molecule has 0 saturated heterocycles. The maximum atomic E-state index is 12.1. The standard InChI is InChI=1S/C14H22N2O/c1-4-14(5-2,10-15)16-13(17)12-8-6-11(3)7-9-12/h6-9H,4-5,10,15H2,1-3H3,(H,16,17). The maximum absolute atomic E-state index is 12.1. The normalized spacial score (nSPS) is 11.3. The Kier molecular flexibility index (Phi) is 4.70. The number of hydrogen-bond donors (Lipinski definition) is 2. The first-order valence-electron chi connectivity index (χ1n) is 6.16. The van der Waals surface area contributed by atoms with E-state index in [1.807, 2.05) is 45.0 Å². The number of rotatable bonds is 5. The largest absolute Gasteiger partial charge is 0.345 e. The minimum Gasteiger partial charge on any atom is -0.345 e. The molecule has 1 aromatic carbocycles. The average molecular weight is 234 g/mol. The van der Waals surface area contributed by atoms with Crippen LogP contribution in [-0.2, 0) is 0 Å². The molecule has 0 fully saturated rings. The lowest BCUT2D eigenvalue weighted by atomic mass is 9.92. The molecule has 0 aromatic heterocycles. The van der Waals surface area contributed by atoms with E-state index in [-0.39, 0.29) is 11.4 Å². The molecule has 3 nitrogen and oxygen atoms in total. The topological polar surface area (TPSA) is 55.1 Å². The zero-order valence-corrected chi connectivity index (χ0v) is 10.9. The molecular formula is C14H22N2O. The Morgan fingerprint density at radius 2 is 1.76 bits per heavy atom. The number of hydrogen-bond acceptors (Lipinski definition) is 2. The summed E-state index contributed by atoms with van der Waals surface area (Å²) in [4.78, 5) is 12.1. The number of carbonyl (C=O) groups is 1. The summed E-state index contributed by atoms with van der Waals surface area (Å²) in [6.45, 7) is 6.57. The van der Waals surface area contributed by atoms with Crippen LogP contribution in [0.15, 0.2) is 24.3 Å². The molecule has 0 bridgehead atoms. The maximum Gasteiger partial charge on any atom is 0.251 e. The van der Waals surface area contributed by atoms with Crippen molar-refractivity contribution in [2.75, 3.05) is 6.54 Å². The molecule has 0 heterocycles. The molecule has 0 unspecified atom stereocenters. The first-order valence-corrected chi connectivity index (χ1v) is 6.16. The lowest BCUT2D eigenvalue weighted by Crippen LogP contribution is -2.52. The SMILES string of the molecule is CCC(CC)(CN)NC(=O)c1ccc(C)cc1. The zero-order valence-electron chi connectivity index (χ0n) is 10.9. The Labute approximate surface area is 103 Å². The molecule has 0 saturated carbocycles.